The fraction of sp³-hybridized carbons (Fsp3) is 0.500. The molecule has 0 amide bonds. The summed E-state index contributed by atoms with van der Waals surface area (Å²) in [5, 5.41) is 14.2. The minimum Gasteiger partial charge on any atom is -0.363 e. The third-order valence-electron chi connectivity index (χ3n) is 2.21. The number of nitrogens with one attached hydrogen (secondary N) is 1. The average molecular weight is 254 g/mol. The highest BCUT2D eigenvalue weighted by molar-refractivity contribution is 7.23. The number of aromatic nitrogens is 3. The molecule has 0 saturated carbocycles. The second kappa shape index (κ2) is 4.88. The molecule has 6 heteroatoms. The van der Waals surface area contributed by atoms with Crippen molar-refractivity contribution in [3.63, 3.8) is 0 Å². The lowest BCUT2D eigenvalue weighted by atomic mass is 10.3. The smallest absolute Gasteiger partial charge is 0.205 e. The van der Waals surface area contributed by atoms with Gasteiger partial charge in [-0.1, -0.05) is 25.2 Å². The van der Waals surface area contributed by atoms with Crippen molar-refractivity contribution in [3.05, 3.63) is 10.7 Å². The van der Waals surface area contributed by atoms with Gasteiger partial charge in [0, 0.05) is 7.05 Å². The predicted octanol–water partition coefficient (Wildman–Crippen LogP) is 2.83. The molecule has 0 aliphatic rings. The zero-order valence-corrected chi connectivity index (χ0v) is 11.2. The summed E-state index contributed by atoms with van der Waals surface area (Å²) in [4.78, 5) is 5.77. The maximum absolute atomic E-state index is 4.60. The minimum absolute atomic E-state index is 0.850. The first-order chi connectivity index (χ1) is 7.78. The van der Waals surface area contributed by atoms with Crippen LogP contribution in [0, 0.1) is 0 Å². The zero-order valence-electron chi connectivity index (χ0n) is 9.57. The number of thiazole rings is 1. The van der Waals surface area contributed by atoms with Gasteiger partial charge in [0.15, 0.2) is 5.01 Å². The molecule has 0 bridgehead atoms. The van der Waals surface area contributed by atoms with Crippen LogP contribution < -0.4 is 5.32 Å². The van der Waals surface area contributed by atoms with Crippen LogP contribution in [0.1, 0.15) is 24.5 Å². The Balaban J connectivity index is 2.41. The van der Waals surface area contributed by atoms with Crippen LogP contribution in [0.15, 0.2) is 0 Å². The van der Waals surface area contributed by atoms with Gasteiger partial charge in [-0.15, -0.1) is 21.5 Å². The molecule has 16 heavy (non-hydrogen) atoms. The Morgan fingerprint density at radius 2 is 1.94 bits per heavy atom. The van der Waals surface area contributed by atoms with E-state index in [0.717, 1.165) is 28.7 Å². The van der Waals surface area contributed by atoms with Crippen LogP contribution in [0.3, 0.4) is 0 Å². The summed E-state index contributed by atoms with van der Waals surface area (Å²) >= 11 is 3.31. The fourth-order valence-corrected chi connectivity index (χ4v) is 3.26. The molecule has 0 radical (unpaired) electrons. The summed E-state index contributed by atoms with van der Waals surface area (Å²) in [6.07, 6.45) is 1.93. The van der Waals surface area contributed by atoms with Crippen LogP contribution in [0.5, 0.6) is 0 Å². The van der Waals surface area contributed by atoms with Gasteiger partial charge >= 0.3 is 0 Å². The monoisotopic (exact) mass is 254 g/mol. The first-order valence-corrected chi connectivity index (χ1v) is 6.92. The van der Waals surface area contributed by atoms with E-state index in [2.05, 4.69) is 34.3 Å². The van der Waals surface area contributed by atoms with E-state index < -0.39 is 0 Å². The van der Waals surface area contributed by atoms with Crippen molar-refractivity contribution in [1.82, 2.24) is 15.2 Å². The highest BCUT2D eigenvalue weighted by atomic mass is 32.1. The maximum Gasteiger partial charge on any atom is 0.205 e. The summed E-state index contributed by atoms with van der Waals surface area (Å²) in [5.74, 6) is 0. The van der Waals surface area contributed by atoms with Gasteiger partial charge in [0.2, 0.25) is 5.13 Å². The highest BCUT2D eigenvalue weighted by Crippen LogP contribution is 2.34. The number of hydrogen-bond acceptors (Lipinski definition) is 6. The van der Waals surface area contributed by atoms with Crippen molar-refractivity contribution in [1.29, 1.82) is 0 Å². The normalized spacial score (nSPS) is 10.7. The Kier molecular flexibility index (Phi) is 3.50. The van der Waals surface area contributed by atoms with Crippen LogP contribution in [-0.2, 0) is 12.8 Å². The molecule has 0 atom stereocenters. The Hall–Kier alpha value is -1.01. The Morgan fingerprint density at radius 3 is 2.50 bits per heavy atom. The Morgan fingerprint density at radius 1 is 1.12 bits per heavy atom. The molecular weight excluding hydrogens is 240 g/mol. The summed E-state index contributed by atoms with van der Waals surface area (Å²) in [6, 6.07) is 0. The van der Waals surface area contributed by atoms with Gasteiger partial charge in [-0.05, 0) is 12.8 Å². The first-order valence-electron chi connectivity index (χ1n) is 5.28. The van der Waals surface area contributed by atoms with Gasteiger partial charge in [0.05, 0.1) is 15.6 Å². The topological polar surface area (TPSA) is 50.7 Å². The molecule has 2 rings (SSSR count). The average Bonchev–Trinajstić information content (AvgIpc) is 2.94. The van der Waals surface area contributed by atoms with Crippen LogP contribution >= 0.6 is 22.7 Å². The molecule has 0 aliphatic heterocycles. The number of aryl methyl sites for hydroxylation is 2. The van der Waals surface area contributed by atoms with E-state index in [9.17, 15) is 0 Å². The van der Waals surface area contributed by atoms with E-state index in [1.165, 1.54) is 9.88 Å². The molecule has 4 nitrogen and oxygen atoms in total. The predicted molar refractivity (Wildman–Crippen MR) is 69.3 cm³/mol. The summed E-state index contributed by atoms with van der Waals surface area (Å²) < 4.78 is 0. The van der Waals surface area contributed by atoms with Crippen LogP contribution in [0.4, 0.5) is 5.13 Å². The quantitative estimate of drug-likeness (QED) is 0.911. The summed E-state index contributed by atoms with van der Waals surface area (Å²) in [6.45, 7) is 4.25. The van der Waals surface area contributed by atoms with Crippen molar-refractivity contribution in [2.24, 2.45) is 0 Å². The second-order valence-corrected chi connectivity index (χ2v) is 5.31. The van der Waals surface area contributed by atoms with Gasteiger partial charge in [0.25, 0.3) is 0 Å². The lowest BCUT2D eigenvalue weighted by Crippen LogP contribution is -1.85. The van der Waals surface area contributed by atoms with Gasteiger partial charge in [-0.2, -0.15) is 0 Å². The zero-order chi connectivity index (χ0) is 11.5. The minimum atomic E-state index is 0.850. The lowest BCUT2D eigenvalue weighted by molar-refractivity contribution is 1.00. The second-order valence-electron chi connectivity index (χ2n) is 3.25. The number of anilines is 1. The van der Waals surface area contributed by atoms with E-state index in [1.54, 1.807) is 22.7 Å². The molecule has 1 N–H and O–H groups in total. The van der Waals surface area contributed by atoms with E-state index in [-0.39, 0.29) is 0 Å². The molecule has 0 aromatic carbocycles. The molecule has 2 aromatic heterocycles. The number of nitrogens with zero attached hydrogens (tertiary/aromatic N) is 3. The largest absolute Gasteiger partial charge is 0.363 e. The van der Waals surface area contributed by atoms with Gasteiger partial charge in [-0.25, -0.2) is 4.98 Å². The van der Waals surface area contributed by atoms with E-state index in [4.69, 9.17) is 0 Å². The lowest BCUT2D eigenvalue weighted by Gasteiger charge is -1.92. The summed E-state index contributed by atoms with van der Waals surface area (Å²) in [7, 11) is 1.86. The third kappa shape index (κ3) is 2.08. The molecule has 2 heterocycles. The van der Waals surface area contributed by atoms with Crippen molar-refractivity contribution >= 4 is 27.8 Å². The SMILES string of the molecule is CCc1nc(CC)c(-c2nnc(NC)s2)s1. The van der Waals surface area contributed by atoms with E-state index >= 15 is 0 Å². The Bertz CT molecular complexity index is 475. The van der Waals surface area contributed by atoms with E-state index in [0.29, 0.717) is 0 Å². The molecular formula is C10H14N4S2. The number of rotatable bonds is 4. The molecule has 0 fully saturated rings. The van der Waals surface area contributed by atoms with Gasteiger partial charge in [0.1, 0.15) is 0 Å². The molecule has 86 valence electrons. The first kappa shape index (κ1) is 11.5. The number of hydrogen-bond donors (Lipinski definition) is 1. The van der Waals surface area contributed by atoms with Crippen LogP contribution in [0.25, 0.3) is 9.88 Å². The van der Waals surface area contributed by atoms with Crippen LogP contribution in [-0.4, -0.2) is 22.2 Å². The van der Waals surface area contributed by atoms with Crippen molar-refractivity contribution in [2.45, 2.75) is 26.7 Å². The van der Waals surface area contributed by atoms with Gasteiger partial charge < -0.3 is 5.32 Å². The third-order valence-corrected chi connectivity index (χ3v) is 4.55. The van der Waals surface area contributed by atoms with Gasteiger partial charge in [-0.3, -0.25) is 0 Å². The van der Waals surface area contributed by atoms with Crippen molar-refractivity contribution in [2.75, 3.05) is 12.4 Å². The van der Waals surface area contributed by atoms with Crippen molar-refractivity contribution < 1.29 is 0 Å². The molecule has 0 aliphatic carbocycles. The molecule has 2 aromatic rings. The highest BCUT2D eigenvalue weighted by Gasteiger charge is 2.14. The molecule has 0 unspecified atom stereocenters. The van der Waals surface area contributed by atoms with E-state index in [1.807, 2.05) is 7.05 Å². The summed E-state index contributed by atoms with van der Waals surface area (Å²) in [5.41, 5.74) is 1.14. The van der Waals surface area contributed by atoms with Crippen molar-refractivity contribution in [3.8, 4) is 9.88 Å². The van der Waals surface area contributed by atoms with Crippen LogP contribution in [0.2, 0.25) is 0 Å². The Labute approximate surface area is 103 Å². The molecule has 0 saturated heterocycles. The fourth-order valence-electron chi connectivity index (χ4n) is 1.37. The standard InChI is InChI=1S/C10H14N4S2/c1-4-6-8(15-7(5-2)12-6)9-13-14-10(11-3)16-9/h4-5H2,1-3H3,(H,11,14). The maximum atomic E-state index is 4.60. The molecule has 0 spiro atoms.